The number of carbonyl (C=O) groups is 1. The number of sulfonamides is 1. The second kappa shape index (κ2) is 8.77. The van der Waals surface area contributed by atoms with Crippen molar-refractivity contribution < 1.29 is 22.7 Å². The Hall–Kier alpha value is -3.36. The maximum Gasteiger partial charge on any atom is 0.240 e. The number of amides is 1. The van der Waals surface area contributed by atoms with Crippen molar-refractivity contribution in [1.82, 2.24) is 4.72 Å². The van der Waals surface area contributed by atoms with Gasteiger partial charge in [-0.05, 0) is 72.4 Å². The smallest absolute Gasteiger partial charge is 0.240 e. The molecule has 34 heavy (non-hydrogen) atoms. The van der Waals surface area contributed by atoms with Crippen LogP contribution in [0.1, 0.15) is 31.7 Å². The van der Waals surface area contributed by atoms with Crippen LogP contribution in [0.3, 0.4) is 0 Å². The van der Waals surface area contributed by atoms with Gasteiger partial charge in [0.1, 0.15) is 0 Å². The van der Waals surface area contributed by atoms with Crippen LogP contribution in [0.25, 0.3) is 11.1 Å². The number of nitrogens with one attached hydrogen (secondary N) is 2. The summed E-state index contributed by atoms with van der Waals surface area (Å²) >= 11 is 0. The zero-order valence-electron chi connectivity index (χ0n) is 18.8. The lowest BCUT2D eigenvalue weighted by Crippen LogP contribution is -2.27. The highest BCUT2D eigenvalue weighted by atomic mass is 32.2. The standard InChI is InChI=1S/C26H26N2O5S/c1-2-14-27-34(30,31)22-9-6-18(7-10-22)19-4-3-5-21(15-19)28-25(29)26(12-13-26)20-8-11-23-24(16-20)33-17-32-23/h3-11,15-16,27H,2,12-14,17H2,1H3,(H,28,29). The molecule has 0 saturated heterocycles. The Bertz CT molecular complexity index is 1330. The van der Waals surface area contributed by atoms with Gasteiger partial charge in [-0.3, -0.25) is 4.79 Å². The molecule has 3 aromatic carbocycles. The van der Waals surface area contributed by atoms with Gasteiger partial charge in [-0.1, -0.05) is 37.3 Å². The zero-order chi connectivity index (χ0) is 23.8. The lowest BCUT2D eigenvalue weighted by atomic mass is 9.94. The molecule has 2 N–H and O–H groups in total. The van der Waals surface area contributed by atoms with Crippen molar-refractivity contribution in [2.45, 2.75) is 36.5 Å². The molecule has 0 unspecified atom stereocenters. The van der Waals surface area contributed by atoms with Gasteiger partial charge in [-0.2, -0.15) is 0 Å². The average molecular weight is 479 g/mol. The van der Waals surface area contributed by atoms with Gasteiger partial charge in [0, 0.05) is 12.2 Å². The predicted octanol–water partition coefficient (Wildman–Crippen LogP) is 4.44. The minimum absolute atomic E-state index is 0.0491. The van der Waals surface area contributed by atoms with Crippen molar-refractivity contribution in [2.75, 3.05) is 18.7 Å². The number of fused-ring (bicyclic) bond motifs is 1. The maximum atomic E-state index is 13.2. The number of benzene rings is 3. The quantitative estimate of drug-likeness (QED) is 0.499. The lowest BCUT2D eigenvalue weighted by Gasteiger charge is -2.17. The molecule has 8 heteroatoms. The van der Waals surface area contributed by atoms with Gasteiger partial charge in [0.15, 0.2) is 11.5 Å². The molecule has 0 spiro atoms. The Labute approximate surface area is 199 Å². The maximum absolute atomic E-state index is 13.2. The molecule has 5 rings (SSSR count). The number of rotatable bonds is 8. The van der Waals surface area contributed by atoms with Crippen molar-refractivity contribution in [3.63, 3.8) is 0 Å². The van der Waals surface area contributed by atoms with Crippen LogP contribution in [0.15, 0.2) is 71.6 Å². The van der Waals surface area contributed by atoms with E-state index in [0.717, 1.165) is 36.0 Å². The summed E-state index contributed by atoms with van der Waals surface area (Å²) in [6.07, 6.45) is 2.28. The molecule has 1 aliphatic heterocycles. The first-order valence-electron chi connectivity index (χ1n) is 11.3. The molecule has 1 aliphatic carbocycles. The Balaban J connectivity index is 1.32. The van der Waals surface area contributed by atoms with Crippen LogP contribution in [0.4, 0.5) is 5.69 Å². The van der Waals surface area contributed by atoms with Crippen LogP contribution in [-0.2, 0) is 20.2 Å². The number of anilines is 1. The van der Waals surface area contributed by atoms with E-state index in [9.17, 15) is 13.2 Å². The van der Waals surface area contributed by atoms with Crippen LogP contribution >= 0.6 is 0 Å². The highest BCUT2D eigenvalue weighted by Gasteiger charge is 2.51. The van der Waals surface area contributed by atoms with Crippen molar-refractivity contribution in [3.05, 3.63) is 72.3 Å². The summed E-state index contributed by atoms with van der Waals surface area (Å²) in [5.74, 6) is 1.33. The summed E-state index contributed by atoms with van der Waals surface area (Å²) < 4.78 is 38.1. The monoisotopic (exact) mass is 478 g/mol. The molecule has 2 aliphatic rings. The summed E-state index contributed by atoms with van der Waals surface area (Å²) in [7, 11) is -3.51. The third-order valence-electron chi connectivity index (χ3n) is 6.27. The Morgan fingerprint density at radius 2 is 1.71 bits per heavy atom. The number of carbonyl (C=O) groups excluding carboxylic acids is 1. The van der Waals surface area contributed by atoms with Crippen molar-refractivity contribution in [3.8, 4) is 22.6 Å². The highest BCUT2D eigenvalue weighted by Crippen LogP contribution is 2.51. The van der Waals surface area contributed by atoms with E-state index in [1.807, 2.05) is 49.4 Å². The second-order valence-corrected chi connectivity index (χ2v) is 10.4. The summed E-state index contributed by atoms with van der Waals surface area (Å²) in [5.41, 5.74) is 2.81. The molecule has 0 radical (unpaired) electrons. The normalized spacial score (nSPS) is 15.7. The van der Waals surface area contributed by atoms with Gasteiger partial charge in [0.25, 0.3) is 0 Å². The molecule has 176 valence electrons. The lowest BCUT2D eigenvalue weighted by molar-refractivity contribution is -0.118. The van der Waals surface area contributed by atoms with E-state index in [4.69, 9.17) is 9.47 Å². The molecular formula is C26H26N2O5S. The van der Waals surface area contributed by atoms with Gasteiger partial charge in [-0.15, -0.1) is 0 Å². The molecule has 0 atom stereocenters. The zero-order valence-corrected chi connectivity index (χ0v) is 19.7. The van der Waals surface area contributed by atoms with Gasteiger partial charge in [0.05, 0.1) is 10.3 Å². The molecule has 1 saturated carbocycles. The molecule has 1 amide bonds. The topological polar surface area (TPSA) is 93.7 Å². The summed E-state index contributed by atoms with van der Waals surface area (Å²) in [5, 5.41) is 3.06. The molecule has 0 aromatic heterocycles. The fourth-order valence-corrected chi connectivity index (χ4v) is 5.27. The summed E-state index contributed by atoms with van der Waals surface area (Å²) in [6.45, 7) is 2.52. The van der Waals surface area contributed by atoms with Crippen molar-refractivity contribution in [1.29, 1.82) is 0 Å². The largest absolute Gasteiger partial charge is 0.454 e. The number of hydrogen-bond donors (Lipinski definition) is 2. The molecule has 1 fully saturated rings. The van der Waals surface area contributed by atoms with Crippen LogP contribution in [0.2, 0.25) is 0 Å². The SMILES string of the molecule is CCCNS(=O)(=O)c1ccc(-c2cccc(NC(=O)C3(c4ccc5c(c4)OCO5)CC3)c2)cc1. The minimum atomic E-state index is -3.51. The minimum Gasteiger partial charge on any atom is -0.454 e. The molecule has 1 heterocycles. The fourth-order valence-electron chi connectivity index (χ4n) is 4.14. The van der Waals surface area contributed by atoms with Crippen LogP contribution < -0.4 is 19.5 Å². The average Bonchev–Trinajstić information content (AvgIpc) is 3.54. The number of hydrogen-bond acceptors (Lipinski definition) is 5. The first-order chi connectivity index (χ1) is 16.4. The summed E-state index contributed by atoms with van der Waals surface area (Å²) in [4.78, 5) is 13.5. The van der Waals surface area contributed by atoms with E-state index in [-0.39, 0.29) is 17.6 Å². The molecule has 0 bridgehead atoms. The second-order valence-electron chi connectivity index (χ2n) is 8.61. The van der Waals surface area contributed by atoms with E-state index in [1.165, 1.54) is 0 Å². The summed E-state index contributed by atoms with van der Waals surface area (Å²) in [6, 6.07) is 20.0. The van der Waals surface area contributed by atoms with Gasteiger partial charge >= 0.3 is 0 Å². The third-order valence-corrected chi connectivity index (χ3v) is 7.75. The van der Waals surface area contributed by atoms with E-state index in [1.54, 1.807) is 24.3 Å². The van der Waals surface area contributed by atoms with E-state index in [0.29, 0.717) is 23.7 Å². The van der Waals surface area contributed by atoms with E-state index >= 15 is 0 Å². The third kappa shape index (κ3) is 4.26. The van der Waals surface area contributed by atoms with Crippen molar-refractivity contribution >= 4 is 21.6 Å². The van der Waals surface area contributed by atoms with E-state index in [2.05, 4.69) is 10.0 Å². The van der Waals surface area contributed by atoms with E-state index < -0.39 is 15.4 Å². The first-order valence-corrected chi connectivity index (χ1v) is 12.8. The Kier molecular flexibility index (Phi) is 5.79. The molecule has 7 nitrogen and oxygen atoms in total. The first kappa shape index (κ1) is 22.4. The fraction of sp³-hybridized carbons (Fsp3) is 0.269. The van der Waals surface area contributed by atoms with Gasteiger partial charge in [-0.25, -0.2) is 13.1 Å². The molecular weight excluding hydrogens is 452 g/mol. The van der Waals surface area contributed by atoms with Gasteiger partial charge < -0.3 is 14.8 Å². The van der Waals surface area contributed by atoms with Crippen LogP contribution in [0, 0.1) is 0 Å². The van der Waals surface area contributed by atoms with Crippen LogP contribution in [0.5, 0.6) is 11.5 Å². The van der Waals surface area contributed by atoms with Crippen LogP contribution in [-0.4, -0.2) is 27.7 Å². The Morgan fingerprint density at radius 3 is 2.44 bits per heavy atom. The Morgan fingerprint density at radius 1 is 0.941 bits per heavy atom. The van der Waals surface area contributed by atoms with Gasteiger partial charge in [0.2, 0.25) is 22.7 Å². The predicted molar refractivity (Wildman–Crippen MR) is 129 cm³/mol. The highest BCUT2D eigenvalue weighted by molar-refractivity contribution is 7.89. The van der Waals surface area contributed by atoms with Crippen molar-refractivity contribution in [2.24, 2.45) is 0 Å². The number of ether oxygens (including phenoxy) is 2. The molecule has 3 aromatic rings.